The topological polar surface area (TPSA) is 41.5 Å². The Bertz CT molecular complexity index is 1720. The molecular formula is C35H25BrN2O. The van der Waals surface area contributed by atoms with Gasteiger partial charge in [-0.05, 0) is 71.2 Å². The van der Waals surface area contributed by atoms with E-state index in [0.717, 1.165) is 21.3 Å². The Morgan fingerprint density at radius 2 is 1.33 bits per heavy atom. The van der Waals surface area contributed by atoms with Crippen molar-refractivity contribution in [2.45, 2.75) is 6.92 Å². The summed E-state index contributed by atoms with van der Waals surface area (Å²) in [5.74, 6) is -0.208. The minimum Gasteiger partial charge on any atom is -0.322 e. The van der Waals surface area contributed by atoms with Crippen LogP contribution in [0.3, 0.4) is 0 Å². The van der Waals surface area contributed by atoms with Gasteiger partial charge in [0.2, 0.25) is 0 Å². The second-order valence-corrected chi connectivity index (χ2v) is 10.4. The molecule has 0 aliphatic heterocycles. The number of allylic oxidation sites excluding steroid dienone is 1. The van der Waals surface area contributed by atoms with Crippen molar-refractivity contribution in [3.8, 4) is 11.1 Å². The third-order valence-corrected chi connectivity index (χ3v) is 7.32. The molecule has 1 N–H and O–H groups in total. The van der Waals surface area contributed by atoms with E-state index in [2.05, 4.69) is 107 Å². The van der Waals surface area contributed by atoms with Gasteiger partial charge in [-0.25, -0.2) is 4.99 Å². The van der Waals surface area contributed by atoms with Gasteiger partial charge in [0.15, 0.2) is 0 Å². The van der Waals surface area contributed by atoms with Crippen LogP contribution in [-0.4, -0.2) is 11.6 Å². The van der Waals surface area contributed by atoms with Gasteiger partial charge in [0.25, 0.3) is 5.91 Å². The number of nitrogens with one attached hydrogen (secondary N) is 1. The number of carbonyl (C=O) groups is 1. The molecular weight excluding hydrogens is 544 g/mol. The standard InChI is InChI=1S/C35H25BrN2O/c1-23-17-19-24(20-18-23)34(22-32-29-13-4-2-11-27(29)28-12-3-5-14-30(28)32)38-33-16-7-6-15-31(33)35(39)37-26-10-8-9-25(36)21-26/h2-22H,1H3,(H,37,39). The number of para-hydroxylation sites is 1. The van der Waals surface area contributed by atoms with E-state index in [0.29, 0.717) is 16.9 Å². The second kappa shape index (κ2) is 10.7. The van der Waals surface area contributed by atoms with E-state index in [1.807, 2.05) is 48.5 Å². The molecule has 188 valence electrons. The summed E-state index contributed by atoms with van der Waals surface area (Å²) in [6.07, 6.45) is 2.15. The van der Waals surface area contributed by atoms with E-state index in [1.165, 1.54) is 27.8 Å². The van der Waals surface area contributed by atoms with E-state index in [9.17, 15) is 4.79 Å². The molecule has 3 nitrogen and oxygen atoms in total. The van der Waals surface area contributed by atoms with Gasteiger partial charge in [0.1, 0.15) is 0 Å². The molecule has 0 fully saturated rings. The highest BCUT2D eigenvalue weighted by Gasteiger charge is 2.23. The molecule has 1 aliphatic carbocycles. The van der Waals surface area contributed by atoms with E-state index in [4.69, 9.17) is 4.99 Å². The number of benzene rings is 5. The predicted molar refractivity (Wildman–Crippen MR) is 165 cm³/mol. The first-order chi connectivity index (χ1) is 19.1. The summed E-state index contributed by atoms with van der Waals surface area (Å²) >= 11 is 3.47. The van der Waals surface area contributed by atoms with Crippen LogP contribution in [0.15, 0.2) is 137 Å². The van der Waals surface area contributed by atoms with Crippen molar-refractivity contribution in [2.24, 2.45) is 4.99 Å². The molecule has 0 saturated carbocycles. The zero-order valence-electron chi connectivity index (χ0n) is 21.4. The molecule has 1 amide bonds. The van der Waals surface area contributed by atoms with Crippen molar-refractivity contribution in [3.63, 3.8) is 0 Å². The Morgan fingerprint density at radius 1 is 0.718 bits per heavy atom. The normalized spacial score (nSPS) is 12.1. The fourth-order valence-electron chi connectivity index (χ4n) is 4.91. The Labute approximate surface area is 236 Å². The van der Waals surface area contributed by atoms with Crippen LogP contribution in [0, 0.1) is 6.92 Å². The summed E-state index contributed by atoms with van der Waals surface area (Å²) < 4.78 is 0.900. The number of halogens is 1. The smallest absolute Gasteiger partial charge is 0.257 e. The highest BCUT2D eigenvalue weighted by atomic mass is 79.9. The first kappa shape index (κ1) is 24.8. The number of amides is 1. The van der Waals surface area contributed by atoms with Gasteiger partial charge in [0.05, 0.1) is 17.0 Å². The molecule has 0 saturated heterocycles. The number of hydrogen-bond acceptors (Lipinski definition) is 2. The van der Waals surface area contributed by atoms with Crippen LogP contribution in [0.25, 0.3) is 16.7 Å². The monoisotopic (exact) mass is 568 g/mol. The first-order valence-corrected chi connectivity index (χ1v) is 13.6. The number of nitrogens with zero attached hydrogens (tertiary/aromatic N) is 1. The summed E-state index contributed by atoms with van der Waals surface area (Å²) in [7, 11) is 0. The molecule has 0 radical (unpaired) electrons. The number of aliphatic imine (C=N–C) groups is 1. The Morgan fingerprint density at radius 3 is 2.00 bits per heavy atom. The van der Waals surface area contributed by atoms with Crippen LogP contribution in [0.5, 0.6) is 0 Å². The SMILES string of the molecule is Cc1ccc(C(C=C2c3ccccc3-c3ccccc32)=Nc2ccccc2C(=O)Nc2cccc(Br)c2)cc1. The van der Waals surface area contributed by atoms with Crippen LogP contribution in [-0.2, 0) is 0 Å². The molecule has 6 rings (SSSR count). The minimum absolute atomic E-state index is 0.208. The molecule has 0 atom stereocenters. The Kier molecular flexibility index (Phi) is 6.78. The zero-order valence-corrected chi connectivity index (χ0v) is 22.9. The fourth-order valence-corrected chi connectivity index (χ4v) is 5.30. The minimum atomic E-state index is -0.208. The van der Waals surface area contributed by atoms with E-state index in [-0.39, 0.29) is 5.91 Å². The largest absolute Gasteiger partial charge is 0.322 e. The molecule has 39 heavy (non-hydrogen) atoms. The Balaban J connectivity index is 1.49. The fraction of sp³-hybridized carbons (Fsp3) is 0.0286. The van der Waals surface area contributed by atoms with Gasteiger partial charge in [-0.15, -0.1) is 0 Å². The highest BCUT2D eigenvalue weighted by molar-refractivity contribution is 9.10. The summed E-state index contributed by atoms with van der Waals surface area (Å²) in [6.45, 7) is 2.07. The average molecular weight is 570 g/mol. The van der Waals surface area contributed by atoms with E-state index >= 15 is 0 Å². The zero-order chi connectivity index (χ0) is 26.8. The van der Waals surface area contributed by atoms with Crippen molar-refractivity contribution in [3.05, 3.63) is 160 Å². The molecule has 5 aromatic rings. The van der Waals surface area contributed by atoms with Crippen LogP contribution >= 0.6 is 15.9 Å². The lowest BCUT2D eigenvalue weighted by Crippen LogP contribution is -2.12. The van der Waals surface area contributed by atoms with Crippen molar-refractivity contribution in [1.82, 2.24) is 0 Å². The molecule has 5 aromatic carbocycles. The number of aryl methyl sites for hydroxylation is 1. The van der Waals surface area contributed by atoms with Crippen LogP contribution in [0.4, 0.5) is 11.4 Å². The summed E-state index contributed by atoms with van der Waals surface area (Å²) in [4.78, 5) is 18.5. The van der Waals surface area contributed by atoms with Gasteiger partial charge >= 0.3 is 0 Å². The molecule has 0 spiro atoms. The summed E-state index contributed by atoms with van der Waals surface area (Å²) in [5.41, 5.74) is 10.7. The van der Waals surface area contributed by atoms with Crippen molar-refractivity contribution in [2.75, 3.05) is 5.32 Å². The molecule has 0 heterocycles. The molecule has 4 heteroatoms. The highest BCUT2D eigenvalue weighted by Crippen LogP contribution is 2.44. The lowest BCUT2D eigenvalue weighted by Gasteiger charge is -2.11. The summed E-state index contributed by atoms with van der Waals surface area (Å²) in [5, 5.41) is 3.01. The Hall–Kier alpha value is -4.54. The molecule has 0 unspecified atom stereocenters. The van der Waals surface area contributed by atoms with Gasteiger partial charge in [-0.3, -0.25) is 4.79 Å². The third-order valence-electron chi connectivity index (χ3n) is 6.83. The maximum absolute atomic E-state index is 13.4. The number of anilines is 1. The second-order valence-electron chi connectivity index (χ2n) is 9.49. The van der Waals surface area contributed by atoms with Crippen LogP contribution < -0.4 is 5.32 Å². The lowest BCUT2D eigenvalue weighted by atomic mass is 9.99. The van der Waals surface area contributed by atoms with E-state index in [1.54, 1.807) is 0 Å². The third kappa shape index (κ3) is 5.12. The average Bonchev–Trinajstić information content (AvgIpc) is 3.27. The van der Waals surface area contributed by atoms with Crippen molar-refractivity contribution in [1.29, 1.82) is 0 Å². The van der Waals surface area contributed by atoms with Crippen LogP contribution in [0.2, 0.25) is 0 Å². The van der Waals surface area contributed by atoms with Gasteiger partial charge in [-0.1, -0.05) is 112 Å². The van der Waals surface area contributed by atoms with Gasteiger partial charge < -0.3 is 5.32 Å². The maximum Gasteiger partial charge on any atom is 0.257 e. The maximum atomic E-state index is 13.4. The number of fused-ring (bicyclic) bond motifs is 3. The van der Waals surface area contributed by atoms with Crippen molar-refractivity contribution >= 4 is 44.5 Å². The van der Waals surface area contributed by atoms with E-state index < -0.39 is 0 Å². The van der Waals surface area contributed by atoms with Gasteiger partial charge in [0, 0.05) is 15.7 Å². The number of hydrogen-bond donors (Lipinski definition) is 1. The lowest BCUT2D eigenvalue weighted by molar-refractivity contribution is 0.102. The predicted octanol–water partition coefficient (Wildman–Crippen LogP) is 9.24. The van der Waals surface area contributed by atoms with Gasteiger partial charge in [-0.2, -0.15) is 0 Å². The van der Waals surface area contributed by atoms with Crippen molar-refractivity contribution < 1.29 is 4.79 Å². The molecule has 0 aromatic heterocycles. The first-order valence-electron chi connectivity index (χ1n) is 12.8. The number of carbonyl (C=O) groups excluding carboxylic acids is 1. The number of rotatable bonds is 5. The molecule has 1 aliphatic rings. The molecule has 0 bridgehead atoms. The quantitative estimate of drug-likeness (QED) is 0.207. The van der Waals surface area contributed by atoms with Crippen LogP contribution in [0.1, 0.15) is 32.6 Å². The summed E-state index contributed by atoms with van der Waals surface area (Å²) in [6, 6.07) is 40.3.